The summed E-state index contributed by atoms with van der Waals surface area (Å²) in [6.45, 7) is 4.00. The number of aryl methyl sites for hydroxylation is 2. The van der Waals surface area contributed by atoms with Crippen LogP contribution in [0.25, 0.3) is 16.6 Å². The fourth-order valence-electron chi connectivity index (χ4n) is 4.00. The Morgan fingerprint density at radius 3 is 2.56 bits per heavy atom. The summed E-state index contributed by atoms with van der Waals surface area (Å²) in [5.74, 6) is -0.143. The van der Waals surface area contributed by atoms with E-state index in [1.807, 2.05) is 42.6 Å². The topological polar surface area (TPSA) is 88.4 Å². The average molecular weight is 428 g/mol. The molecule has 0 radical (unpaired) electrons. The van der Waals surface area contributed by atoms with Crippen LogP contribution in [0.1, 0.15) is 46.6 Å². The van der Waals surface area contributed by atoms with Gasteiger partial charge in [-0.2, -0.15) is 5.10 Å². The molecule has 0 unspecified atom stereocenters. The van der Waals surface area contributed by atoms with E-state index in [-0.39, 0.29) is 11.8 Å². The first-order valence-electron chi connectivity index (χ1n) is 10.9. The van der Waals surface area contributed by atoms with E-state index in [1.54, 1.807) is 24.3 Å². The van der Waals surface area contributed by atoms with E-state index in [0.29, 0.717) is 30.1 Å². The van der Waals surface area contributed by atoms with Gasteiger partial charge in [-0.1, -0.05) is 12.1 Å². The molecule has 1 aliphatic carbocycles. The quantitative estimate of drug-likeness (QED) is 0.487. The Balaban J connectivity index is 1.26. The summed E-state index contributed by atoms with van der Waals surface area (Å²) in [6.07, 6.45) is 3.01. The second-order valence-electron chi connectivity index (χ2n) is 8.39. The van der Waals surface area contributed by atoms with Gasteiger partial charge in [0, 0.05) is 40.5 Å². The zero-order chi connectivity index (χ0) is 22.2. The maximum absolute atomic E-state index is 12.6. The predicted molar refractivity (Wildman–Crippen MR) is 124 cm³/mol. The number of aromatic nitrogens is 3. The average Bonchev–Trinajstić information content (AvgIpc) is 3.52. The van der Waals surface area contributed by atoms with Crippen molar-refractivity contribution in [2.45, 2.75) is 45.6 Å². The summed E-state index contributed by atoms with van der Waals surface area (Å²) in [7, 11) is 0. The van der Waals surface area contributed by atoms with E-state index in [0.717, 1.165) is 46.3 Å². The number of hydrogen-bond acceptors (Lipinski definition) is 4. The number of anilines is 1. The van der Waals surface area contributed by atoms with Crippen LogP contribution in [0.3, 0.4) is 0 Å². The molecule has 7 nitrogen and oxygen atoms in total. The normalized spacial score (nSPS) is 13.4. The van der Waals surface area contributed by atoms with E-state index in [2.05, 4.69) is 15.7 Å². The predicted octanol–water partition coefficient (Wildman–Crippen LogP) is 3.96. The van der Waals surface area contributed by atoms with Crippen molar-refractivity contribution in [2.24, 2.45) is 0 Å². The van der Waals surface area contributed by atoms with E-state index >= 15 is 0 Å². The molecule has 1 saturated carbocycles. The second-order valence-corrected chi connectivity index (χ2v) is 8.39. The minimum absolute atomic E-state index is 0.0644. The molecule has 1 fully saturated rings. The summed E-state index contributed by atoms with van der Waals surface area (Å²) < 4.78 is 1.87. The zero-order valence-corrected chi connectivity index (χ0v) is 18.2. The first kappa shape index (κ1) is 20.2. The van der Waals surface area contributed by atoms with Gasteiger partial charge in [-0.25, -0.2) is 9.50 Å². The third kappa shape index (κ3) is 3.93. The van der Waals surface area contributed by atoms with Crippen LogP contribution in [-0.4, -0.2) is 32.5 Å². The van der Waals surface area contributed by atoms with Gasteiger partial charge in [-0.3, -0.25) is 9.59 Å². The lowest BCUT2D eigenvalue weighted by Gasteiger charge is -2.11. The van der Waals surface area contributed by atoms with Crippen LogP contribution >= 0.6 is 0 Å². The summed E-state index contributed by atoms with van der Waals surface area (Å²) in [4.78, 5) is 29.4. The van der Waals surface area contributed by atoms with Crippen molar-refractivity contribution < 1.29 is 9.59 Å². The molecule has 1 aliphatic rings. The van der Waals surface area contributed by atoms with Gasteiger partial charge >= 0.3 is 0 Å². The Bertz CT molecular complexity index is 1340. The monoisotopic (exact) mass is 427 g/mol. The zero-order valence-electron chi connectivity index (χ0n) is 18.2. The van der Waals surface area contributed by atoms with Crippen molar-refractivity contribution in [1.82, 2.24) is 19.9 Å². The van der Waals surface area contributed by atoms with Gasteiger partial charge in [0.1, 0.15) is 0 Å². The van der Waals surface area contributed by atoms with Crippen LogP contribution in [0, 0.1) is 13.8 Å². The van der Waals surface area contributed by atoms with Crippen molar-refractivity contribution >= 4 is 34.1 Å². The number of fused-ring (bicyclic) bond motifs is 3. The van der Waals surface area contributed by atoms with Gasteiger partial charge < -0.3 is 10.6 Å². The van der Waals surface area contributed by atoms with Crippen LogP contribution in [-0.2, 0) is 11.2 Å². The number of carbonyl (C=O) groups excluding carboxylic acids is 2. The minimum atomic E-state index is -0.0790. The maximum atomic E-state index is 12.6. The van der Waals surface area contributed by atoms with E-state index in [1.165, 1.54) is 0 Å². The molecule has 0 spiro atoms. The Labute approximate surface area is 185 Å². The molecule has 2 aromatic heterocycles. The molecule has 2 aromatic carbocycles. The van der Waals surface area contributed by atoms with Gasteiger partial charge in [0.2, 0.25) is 5.91 Å². The van der Waals surface area contributed by atoms with E-state index in [9.17, 15) is 9.59 Å². The molecule has 0 bridgehead atoms. The van der Waals surface area contributed by atoms with Gasteiger partial charge in [-0.15, -0.1) is 0 Å². The molecular weight excluding hydrogens is 402 g/mol. The molecule has 2 heterocycles. The Morgan fingerprint density at radius 2 is 1.81 bits per heavy atom. The van der Waals surface area contributed by atoms with Crippen molar-refractivity contribution in [3.05, 3.63) is 71.0 Å². The van der Waals surface area contributed by atoms with Crippen molar-refractivity contribution in [2.75, 3.05) is 5.32 Å². The first-order valence-corrected chi connectivity index (χ1v) is 10.9. The lowest BCUT2D eigenvalue weighted by molar-refractivity contribution is -0.116. The highest BCUT2D eigenvalue weighted by Crippen LogP contribution is 2.23. The summed E-state index contributed by atoms with van der Waals surface area (Å²) in [6, 6.07) is 15.3. The molecule has 0 saturated heterocycles. The highest BCUT2D eigenvalue weighted by molar-refractivity contribution is 5.96. The smallest absolute Gasteiger partial charge is 0.251 e. The summed E-state index contributed by atoms with van der Waals surface area (Å²) in [5, 5.41) is 11.6. The number of rotatable bonds is 6. The molecule has 0 aliphatic heterocycles. The highest BCUT2D eigenvalue weighted by Gasteiger charge is 2.23. The molecule has 2 N–H and O–H groups in total. The van der Waals surface area contributed by atoms with Crippen LogP contribution in [0.4, 0.5) is 5.69 Å². The lowest BCUT2D eigenvalue weighted by atomic mass is 10.1. The van der Waals surface area contributed by atoms with Gasteiger partial charge in [0.15, 0.2) is 5.65 Å². The standard InChI is InChI=1S/C25H25N5O2/c1-15-20(16(2)30-24(26-15)21-5-3-4-6-22(21)29-30)13-14-23(31)27-18-9-7-17(8-10-18)25(32)28-19-11-12-19/h3-10,19H,11-14H2,1-2H3,(H,27,31)(H,28,32). The second kappa shape index (κ2) is 8.07. The van der Waals surface area contributed by atoms with Crippen LogP contribution in [0.2, 0.25) is 0 Å². The SMILES string of the molecule is Cc1nc2c3ccccc3nn2c(C)c1CCC(=O)Nc1ccc(C(=O)NC2CC2)cc1. The van der Waals surface area contributed by atoms with Crippen molar-refractivity contribution in [1.29, 1.82) is 0 Å². The molecule has 4 aromatic rings. The minimum Gasteiger partial charge on any atom is -0.349 e. The molecular formula is C25H25N5O2. The maximum Gasteiger partial charge on any atom is 0.251 e. The Morgan fingerprint density at radius 1 is 1.06 bits per heavy atom. The molecule has 5 rings (SSSR count). The van der Waals surface area contributed by atoms with Gasteiger partial charge in [0.05, 0.1) is 5.52 Å². The number of carbonyl (C=O) groups is 2. The van der Waals surface area contributed by atoms with Crippen molar-refractivity contribution in [3.8, 4) is 0 Å². The van der Waals surface area contributed by atoms with Gasteiger partial charge in [-0.05, 0) is 75.1 Å². The number of nitrogens with one attached hydrogen (secondary N) is 2. The Hall–Kier alpha value is -3.74. The molecule has 162 valence electrons. The molecule has 0 atom stereocenters. The third-order valence-corrected chi connectivity index (χ3v) is 5.96. The fraction of sp³-hybridized carbons (Fsp3) is 0.280. The van der Waals surface area contributed by atoms with E-state index < -0.39 is 0 Å². The number of nitrogens with zero attached hydrogens (tertiary/aromatic N) is 3. The Kier molecular flexibility index (Phi) is 5.09. The number of benzene rings is 2. The van der Waals surface area contributed by atoms with Crippen LogP contribution < -0.4 is 10.6 Å². The first-order chi connectivity index (χ1) is 15.5. The highest BCUT2D eigenvalue weighted by atomic mass is 16.2. The van der Waals surface area contributed by atoms with Crippen molar-refractivity contribution in [3.63, 3.8) is 0 Å². The third-order valence-electron chi connectivity index (χ3n) is 5.96. The molecule has 2 amide bonds. The summed E-state index contributed by atoms with van der Waals surface area (Å²) >= 11 is 0. The fourth-order valence-corrected chi connectivity index (χ4v) is 4.00. The largest absolute Gasteiger partial charge is 0.349 e. The lowest BCUT2D eigenvalue weighted by Crippen LogP contribution is -2.25. The summed E-state index contributed by atoms with van der Waals surface area (Å²) in [5.41, 5.74) is 5.99. The van der Waals surface area contributed by atoms with Gasteiger partial charge in [0.25, 0.3) is 5.91 Å². The van der Waals surface area contributed by atoms with E-state index in [4.69, 9.17) is 4.98 Å². The van der Waals surface area contributed by atoms with Crippen LogP contribution in [0.5, 0.6) is 0 Å². The molecule has 7 heteroatoms. The number of hydrogen-bond donors (Lipinski definition) is 2. The number of amides is 2. The van der Waals surface area contributed by atoms with Crippen LogP contribution in [0.15, 0.2) is 48.5 Å². The molecule has 32 heavy (non-hydrogen) atoms.